The SMILES string of the molecule is COC(=O)C1=C(C(=O)OC)N(c2ccc(C(=O)NC3C4CC5CC(C4)CC3C5)cc2)COC1. The molecule has 176 valence electrons. The summed E-state index contributed by atoms with van der Waals surface area (Å²) in [5.74, 6) is 1.58. The molecular formula is C25H30N2O6. The van der Waals surface area contributed by atoms with Crippen molar-refractivity contribution in [1.82, 2.24) is 5.32 Å². The lowest BCUT2D eigenvalue weighted by Gasteiger charge is -2.54. The number of esters is 2. The van der Waals surface area contributed by atoms with E-state index in [2.05, 4.69) is 5.32 Å². The molecule has 5 aliphatic rings. The molecule has 1 aromatic rings. The minimum Gasteiger partial charge on any atom is -0.466 e. The normalized spacial score (nSPS) is 30.2. The number of ether oxygens (including phenoxy) is 3. The second-order valence-electron chi connectivity index (χ2n) is 9.69. The van der Waals surface area contributed by atoms with E-state index in [4.69, 9.17) is 14.2 Å². The number of nitrogens with one attached hydrogen (secondary N) is 1. The quantitative estimate of drug-likeness (QED) is 0.684. The molecule has 8 heteroatoms. The van der Waals surface area contributed by atoms with Gasteiger partial charge < -0.3 is 24.4 Å². The predicted molar refractivity (Wildman–Crippen MR) is 119 cm³/mol. The van der Waals surface area contributed by atoms with Gasteiger partial charge in [0, 0.05) is 17.3 Å². The van der Waals surface area contributed by atoms with Crippen molar-refractivity contribution in [3.05, 3.63) is 41.1 Å². The Morgan fingerprint density at radius 1 is 0.909 bits per heavy atom. The number of carbonyl (C=O) groups is 3. The van der Waals surface area contributed by atoms with Crippen molar-refractivity contribution < 1.29 is 28.6 Å². The number of anilines is 1. The fraction of sp³-hybridized carbons (Fsp3) is 0.560. The fourth-order valence-electron chi connectivity index (χ4n) is 6.54. The molecule has 1 aromatic carbocycles. The molecule has 8 nitrogen and oxygen atoms in total. The number of amides is 1. The third kappa shape index (κ3) is 4.01. The summed E-state index contributed by atoms with van der Waals surface area (Å²) < 4.78 is 15.2. The summed E-state index contributed by atoms with van der Waals surface area (Å²) in [6.45, 7) is 0.0315. The van der Waals surface area contributed by atoms with E-state index in [1.807, 2.05) is 0 Å². The molecule has 0 aromatic heterocycles. The van der Waals surface area contributed by atoms with Gasteiger partial charge in [0.05, 0.1) is 26.4 Å². The number of rotatable bonds is 5. The highest BCUT2D eigenvalue weighted by molar-refractivity contribution is 6.03. The average Bonchev–Trinajstić information content (AvgIpc) is 2.84. The van der Waals surface area contributed by atoms with E-state index >= 15 is 0 Å². The third-order valence-corrected chi connectivity index (χ3v) is 7.80. The van der Waals surface area contributed by atoms with E-state index in [1.165, 1.54) is 46.3 Å². The second-order valence-corrected chi connectivity index (χ2v) is 9.69. The Kier molecular flexibility index (Phi) is 5.86. The maximum Gasteiger partial charge on any atom is 0.355 e. The lowest BCUT2D eigenvalue weighted by molar-refractivity contribution is -0.140. The van der Waals surface area contributed by atoms with Crippen molar-refractivity contribution in [3.63, 3.8) is 0 Å². The van der Waals surface area contributed by atoms with Crippen molar-refractivity contribution in [1.29, 1.82) is 0 Å². The van der Waals surface area contributed by atoms with Gasteiger partial charge >= 0.3 is 11.9 Å². The molecule has 0 atom stereocenters. The van der Waals surface area contributed by atoms with Crippen LogP contribution in [0.4, 0.5) is 5.69 Å². The molecule has 1 N–H and O–H groups in total. The summed E-state index contributed by atoms with van der Waals surface area (Å²) >= 11 is 0. The molecule has 33 heavy (non-hydrogen) atoms. The van der Waals surface area contributed by atoms with Crippen LogP contribution in [0.2, 0.25) is 0 Å². The second kappa shape index (κ2) is 8.82. The van der Waals surface area contributed by atoms with Gasteiger partial charge in [-0.15, -0.1) is 0 Å². The van der Waals surface area contributed by atoms with Crippen LogP contribution in [0.15, 0.2) is 35.5 Å². The Morgan fingerprint density at radius 2 is 1.52 bits per heavy atom. The minimum absolute atomic E-state index is 0.0421. The van der Waals surface area contributed by atoms with Gasteiger partial charge in [-0.1, -0.05) is 0 Å². The Balaban J connectivity index is 1.33. The Bertz CT molecular complexity index is 957. The number of hydrogen-bond donors (Lipinski definition) is 1. The zero-order valence-electron chi connectivity index (χ0n) is 19.0. The van der Waals surface area contributed by atoms with Gasteiger partial charge in [-0.05, 0) is 80.0 Å². The van der Waals surface area contributed by atoms with E-state index in [1.54, 1.807) is 29.2 Å². The topological polar surface area (TPSA) is 94.2 Å². The molecule has 4 fully saturated rings. The van der Waals surface area contributed by atoms with Crippen LogP contribution in [0.5, 0.6) is 0 Å². The summed E-state index contributed by atoms with van der Waals surface area (Å²) in [5, 5.41) is 3.32. The first-order valence-corrected chi connectivity index (χ1v) is 11.6. The van der Waals surface area contributed by atoms with Crippen molar-refractivity contribution in [2.75, 3.05) is 32.5 Å². The molecular weight excluding hydrogens is 424 g/mol. The fourth-order valence-corrected chi connectivity index (χ4v) is 6.54. The number of methoxy groups -OCH3 is 2. The molecule has 4 bridgehead atoms. The van der Waals surface area contributed by atoms with Gasteiger partial charge in [-0.2, -0.15) is 0 Å². The molecule has 0 unspecified atom stereocenters. The number of nitrogens with zero attached hydrogens (tertiary/aromatic N) is 1. The van der Waals surface area contributed by atoms with Crippen molar-refractivity contribution in [2.24, 2.45) is 23.7 Å². The van der Waals surface area contributed by atoms with Crippen LogP contribution in [-0.4, -0.2) is 51.4 Å². The van der Waals surface area contributed by atoms with Crippen LogP contribution >= 0.6 is 0 Å². The summed E-state index contributed by atoms with van der Waals surface area (Å²) in [6.07, 6.45) is 6.37. The molecule has 1 aliphatic heterocycles. The van der Waals surface area contributed by atoms with Gasteiger partial charge in [0.1, 0.15) is 12.4 Å². The zero-order valence-corrected chi connectivity index (χ0v) is 19.0. The average molecular weight is 455 g/mol. The highest BCUT2D eigenvalue weighted by Gasteiger charge is 2.48. The number of benzene rings is 1. The Morgan fingerprint density at radius 3 is 2.09 bits per heavy atom. The Labute approximate surface area is 193 Å². The lowest BCUT2D eigenvalue weighted by atomic mass is 9.54. The summed E-state index contributed by atoms with van der Waals surface area (Å²) in [7, 11) is 2.51. The molecule has 0 saturated heterocycles. The molecule has 1 heterocycles. The van der Waals surface area contributed by atoms with Gasteiger partial charge in [0.2, 0.25) is 0 Å². The molecule has 6 rings (SSSR count). The van der Waals surface area contributed by atoms with E-state index in [0.29, 0.717) is 23.1 Å². The Hall–Kier alpha value is -2.87. The molecule has 4 aliphatic carbocycles. The van der Waals surface area contributed by atoms with Crippen LogP contribution < -0.4 is 10.2 Å². The number of carbonyl (C=O) groups excluding carboxylic acids is 3. The van der Waals surface area contributed by atoms with Gasteiger partial charge in [0.25, 0.3) is 5.91 Å². The van der Waals surface area contributed by atoms with Crippen LogP contribution in [0.1, 0.15) is 42.5 Å². The molecule has 4 saturated carbocycles. The zero-order chi connectivity index (χ0) is 23.1. The van der Waals surface area contributed by atoms with Crippen LogP contribution in [-0.2, 0) is 23.8 Å². The van der Waals surface area contributed by atoms with Crippen molar-refractivity contribution in [2.45, 2.75) is 38.1 Å². The van der Waals surface area contributed by atoms with Crippen molar-refractivity contribution >= 4 is 23.5 Å². The van der Waals surface area contributed by atoms with Crippen molar-refractivity contribution in [3.8, 4) is 0 Å². The minimum atomic E-state index is -0.651. The van der Waals surface area contributed by atoms with E-state index < -0.39 is 11.9 Å². The molecule has 0 radical (unpaired) electrons. The van der Waals surface area contributed by atoms with Gasteiger partial charge in [0.15, 0.2) is 0 Å². The summed E-state index contributed by atoms with van der Waals surface area (Å²) in [6, 6.07) is 7.25. The summed E-state index contributed by atoms with van der Waals surface area (Å²) in [4.78, 5) is 39.2. The van der Waals surface area contributed by atoms with E-state index in [9.17, 15) is 14.4 Å². The highest BCUT2D eigenvalue weighted by Crippen LogP contribution is 2.53. The molecule has 0 spiro atoms. The van der Waals surface area contributed by atoms with Crippen LogP contribution in [0.3, 0.4) is 0 Å². The first-order valence-electron chi connectivity index (χ1n) is 11.6. The van der Waals surface area contributed by atoms with Gasteiger partial charge in [-0.25, -0.2) is 9.59 Å². The number of hydrogen-bond acceptors (Lipinski definition) is 7. The first-order chi connectivity index (χ1) is 16.0. The van der Waals surface area contributed by atoms with Gasteiger partial charge in [-0.3, -0.25) is 4.79 Å². The first kappa shape index (κ1) is 21.9. The van der Waals surface area contributed by atoms with Crippen LogP contribution in [0, 0.1) is 23.7 Å². The van der Waals surface area contributed by atoms with E-state index in [-0.39, 0.29) is 36.6 Å². The maximum atomic E-state index is 13.0. The monoisotopic (exact) mass is 454 g/mol. The molecule has 1 amide bonds. The largest absolute Gasteiger partial charge is 0.466 e. The lowest BCUT2D eigenvalue weighted by Crippen LogP contribution is -2.55. The summed E-state index contributed by atoms with van der Waals surface area (Å²) in [5.41, 5.74) is 1.37. The maximum absolute atomic E-state index is 13.0. The predicted octanol–water partition coefficient (Wildman–Crippen LogP) is 2.64. The van der Waals surface area contributed by atoms with E-state index in [0.717, 1.165) is 11.8 Å². The highest BCUT2D eigenvalue weighted by atomic mass is 16.5. The smallest absolute Gasteiger partial charge is 0.355 e. The standard InChI is InChI=1S/C25H30N2O6/c1-31-24(29)20-12-33-13-27(22(20)25(30)32-2)19-5-3-16(4-6-19)23(28)26-21-17-8-14-7-15(10-17)11-18(21)9-14/h3-6,14-15,17-18,21H,7-13H2,1-2H3,(H,26,28). The van der Waals surface area contributed by atoms with Crippen LogP contribution in [0.25, 0.3) is 0 Å². The third-order valence-electron chi connectivity index (χ3n) is 7.80.